The molecule has 0 aromatic heterocycles. The third-order valence-corrected chi connectivity index (χ3v) is 3.75. The fraction of sp³-hybridized carbons (Fsp3) is 0.278. The molecular formula is C18H19NO4. The average Bonchev–Trinajstić information content (AvgIpc) is 2.61. The van der Waals surface area contributed by atoms with Crippen LogP contribution >= 0.6 is 0 Å². The smallest absolute Gasteiger partial charge is 0.251 e. The van der Waals surface area contributed by atoms with Gasteiger partial charge in [-0.2, -0.15) is 0 Å². The minimum atomic E-state index is -0.149. The summed E-state index contributed by atoms with van der Waals surface area (Å²) in [6.07, 6.45) is 0. The molecule has 1 aliphatic heterocycles. The van der Waals surface area contributed by atoms with E-state index in [1.807, 2.05) is 25.1 Å². The third-order valence-electron chi connectivity index (χ3n) is 3.75. The molecular weight excluding hydrogens is 294 g/mol. The van der Waals surface area contributed by atoms with Gasteiger partial charge in [0.25, 0.3) is 5.91 Å². The Morgan fingerprint density at radius 1 is 1.13 bits per heavy atom. The zero-order valence-electron chi connectivity index (χ0n) is 13.2. The van der Waals surface area contributed by atoms with E-state index in [1.165, 1.54) is 0 Å². The van der Waals surface area contributed by atoms with E-state index in [0.29, 0.717) is 24.5 Å². The van der Waals surface area contributed by atoms with Crippen LogP contribution in [-0.4, -0.2) is 26.2 Å². The standard InChI is InChI=1S/C18H19NO4/c1-12(13-6-7-16-17(11-13)23-9-8-22-16)19-18(20)14-4-3-5-15(10-14)21-2/h3-7,10-12H,8-9H2,1-2H3,(H,19,20)/t12-/m0/s1. The van der Waals surface area contributed by atoms with E-state index >= 15 is 0 Å². The lowest BCUT2D eigenvalue weighted by Gasteiger charge is -2.21. The van der Waals surface area contributed by atoms with Crippen molar-refractivity contribution >= 4 is 5.91 Å². The molecule has 0 saturated heterocycles. The number of carbonyl (C=O) groups is 1. The maximum Gasteiger partial charge on any atom is 0.251 e. The zero-order chi connectivity index (χ0) is 16.2. The molecule has 2 aromatic carbocycles. The summed E-state index contributed by atoms with van der Waals surface area (Å²) >= 11 is 0. The van der Waals surface area contributed by atoms with Gasteiger partial charge in [-0.1, -0.05) is 12.1 Å². The SMILES string of the molecule is COc1cccc(C(=O)N[C@@H](C)c2ccc3c(c2)OCCO3)c1. The molecule has 120 valence electrons. The molecule has 0 aliphatic carbocycles. The van der Waals surface area contributed by atoms with Gasteiger partial charge < -0.3 is 19.5 Å². The molecule has 1 amide bonds. The summed E-state index contributed by atoms with van der Waals surface area (Å²) in [6, 6.07) is 12.6. The Labute approximate surface area is 135 Å². The molecule has 5 nitrogen and oxygen atoms in total. The number of carbonyl (C=O) groups excluding carboxylic acids is 1. The van der Waals surface area contributed by atoms with Gasteiger partial charge in [0, 0.05) is 5.56 Å². The summed E-state index contributed by atoms with van der Waals surface area (Å²) < 4.78 is 16.2. The topological polar surface area (TPSA) is 56.8 Å². The second kappa shape index (κ2) is 6.60. The second-order valence-corrected chi connectivity index (χ2v) is 5.33. The third kappa shape index (κ3) is 3.39. The number of fused-ring (bicyclic) bond motifs is 1. The highest BCUT2D eigenvalue weighted by Crippen LogP contribution is 2.32. The van der Waals surface area contributed by atoms with Crippen molar-refractivity contribution < 1.29 is 19.0 Å². The second-order valence-electron chi connectivity index (χ2n) is 5.33. The first kappa shape index (κ1) is 15.2. The minimum absolute atomic E-state index is 0.147. The molecule has 1 N–H and O–H groups in total. The summed E-state index contributed by atoms with van der Waals surface area (Å²) in [6.45, 7) is 3.04. The highest BCUT2D eigenvalue weighted by atomic mass is 16.6. The highest BCUT2D eigenvalue weighted by Gasteiger charge is 2.16. The minimum Gasteiger partial charge on any atom is -0.497 e. The van der Waals surface area contributed by atoms with Crippen LogP contribution in [0.5, 0.6) is 17.2 Å². The molecule has 2 aromatic rings. The molecule has 0 unspecified atom stereocenters. The van der Waals surface area contributed by atoms with Crippen LogP contribution < -0.4 is 19.5 Å². The lowest BCUT2D eigenvalue weighted by atomic mass is 10.1. The molecule has 0 fully saturated rings. The Balaban J connectivity index is 1.73. The van der Waals surface area contributed by atoms with Crippen LogP contribution in [0.3, 0.4) is 0 Å². The van der Waals surface area contributed by atoms with E-state index in [1.54, 1.807) is 31.4 Å². The van der Waals surface area contributed by atoms with Crippen molar-refractivity contribution in [2.24, 2.45) is 0 Å². The molecule has 5 heteroatoms. The number of rotatable bonds is 4. The zero-order valence-corrected chi connectivity index (χ0v) is 13.2. The van der Waals surface area contributed by atoms with Crippen molar-refractivity contribution in [1.29, 1.82) is 0 Å². The fourth-order valence-electron chi connectivity index (χ4n) is 2.46. The summed E-state index contributed by atoms with van der Waals surface area (Å²) in [5, 5.41) is 2.98. The van der Waals surface area contributed by atoms with Crippen LogP contribution in [0.25, 0.3) is 0 Å². The Kier molecular flexibility index (Phi) is 4.37. The van der Waals surface area contributed by atoms with Gasteiger partial charge in [-0.3, -0.25) is 4.79 Å². The van der Waals surface area contributed by atoms with Crippen LogP contribution in [0.1, 0.15) is 28.9 Å². The fourth-order valence-corrected chi connectivity index (χ4v) is 2.46. The molecule has 1 heterocycles. The first-order chi connectivity index (χ1) is 11.2. The normalized spacial score (nSPS) is 14.0. The van der Waals surface area contributed by atoms with Gasteiger partial charge in [-0.05, 0) is 42.8 Å². The summed E-state index contributed by atoms with van der Waals surface area (Å²) in [5.41, 5.74) is 1.53. The van der Waals surface area contributed by atoms with Gasteiger partial charge in [0.1, 0.15) is 19.0 Å². The molecule has 0 saturated carbocycles. The van der Waals surface area contributed by atoms with Crippen LogP contribution in [0.4, 0.5) is 0 Å². The number of hydrogen-bond donors (Lipinski definition) is 1. The van der Waals surface area contributed by atoms with Gasteiger partial charge >= 0.3 is 0 Å². The number of ether oxygens (including phenoxy) is 3. The largest absolute Gasteiger partial charge is 0.497 e. The van der Waals surface area contributed by atoms with Gasteiger partial charge in [0.2, 0.25) is 0 Å². The summed E-state index contributed by atoms with van der Waals surface area (Å²) in [7, 11) is 1.58. The summed E-state index contributed by atoms with van der Waals surface area (Å²) in [5.74, 6) is 1.97. The number of hydrogen-bond acceptors (Lipinski definition) is 4. The lowest BCUT2D eigenvalue weighted by Crippen LogP contribution is -2.26. The predicted molar refractivity (Wildman–Crippen MR) is 86.3 cm³/mol. The van der Waals surface area contributed by atoms with E-state index in [-0.39, 0.29) is 11.9 Å². The Hall–Kier alpha value is -2.69. The van der Waals surface area contributed by atoms with Crippen LogP contribution in [0.15, 0.2) is 42.5 Å². The predicted octanol–water partition coefficient (Wildman–Crippen LogP) is 2.96. The average molecular weight is 313 g/mol. The van der Waals surface area contributed by atoms with E-state index in [0.717, 1.165) is 17.1 Å². The maximum atomic E-state index is 12.4. The number of nitrogens with one attached hydrogen (secondary N) is 1. The Bertz CT molecular complexity index is 714. The first-order valence-corrected chi connectivity index (χ1v) is 7.52. The number of methoxy groups -OCH3 is 1. The molecule has 3 rings (SSSR count). The van der Waals surface area contributed by atoms with E-state index in [2.05, 4.69) is 5.32 Å². The molecule has 1 atom stereocenters. The summed E-state index contributed by atoms with van der Waals surface area (Å²) in [4.78, 5) is 12.4. The van der Waals surface area contributed by atoms with E-state index in [9.17, 15) is 4.79 Å². The highest BCUT2D eigenvalue weighted by molar-refractivity contribution is 5.94. The molecule has 23 heavy (non-hydrogen) atoms. The van der Waals surface area contributed by atoms with Gasteiger partial charge in [0.15, 0.2) is 11.5 Å². The number of amides is 1. The van der Waals surface area contributed by atoms with Gasteiger partial charge in [-0.25, -0.2) is 0 Å². The maximum absolute atomic E-state index is 12.4. The van der Waals surface area contributed by atoms with Gasteiger partial charge in [-0.15, -0.1) is 0 Å². The number of benzene rings is 2. The van der Waals surface area contributed by atoms with Crippen LogP contribution in [0, 0.1) is 0 Å². The molecule has 1 aliphatic rings. The van der Waals surface area contributed by atoms with Crippen LogP contribution in [-0.2, 0) is 0 Å². The quantitative estimate of drug-likeness (QED) is 0.943. The van der Waals surface area contributed by atoms with E-state index < -0.39 is 0 Å². The van der Waals surface area contributed by atoms with Crippen LogP contribution in [0.2, 0.25) is 0 Å². The van der Waals surface area contributed by atoms with Gasteiger partial charge in [0.05, 0.1) is 13.2 Å². The first-order valence-electron chi connectivity index (χ1n) is 7.52. The monoisotopic (exact) mass is 313 g/mol. The Morgan fingerprint density at radius 3 is 2.70 bits per heavy atom. The van der Waals surface area contributed by atoms with Crippen molar-refractivity contribution in [2.45, 2.75) is 13.0 Å². The van der Waals surface area contributed by atoms with Crippen molar-refractivity contribution in [2.75, 3.05) is 20.3 Å². The lowest BCUT2D eigenvalue weighted by molar-refractivity contribution is 0.0939. The Morgan fingerprint density at radius 2 is 1.91 bits per heavy atom. The van der Waals surface area contributed by atoms with Crippen molar-refractivity contribution in [1.82, 2.24) is 5.32 Å². The van der Waals surface area contributed by atoms with Crippen molar-refractivity contribution in [3.05, 3.63) is 53.6 Å². The molecule has 0 bridgehead atoms. The van der Waals surface area contributed by atoms with Crippen molar-refractivity contribution in [3.63, 3.8) is 0 Å². The molecule has 0 radical (unpaired) electrons. The van der Waals surface area contributed by atoms with Crippen molar-refractivity contribution in [3.8, 4) is 17.2 Å². The molecule has 0 spiro atoms. The van der Waals surface area contributed by atoms with E-state index in [4.69, 9.17) is 14.2 Å².